The summed E-state index contributed by atoms with van der Waals surface area (Å²) in [6.07, 6.45) is 5.86. The standard InChI is InChI=1S/C15H25N3O/c1-16-10-13-5-9-19-15(13)12-17-6-3-8-18-7-2-4-14(18)11-17/h5,9,14,16H,2-4,6-8,10-12H2,1H3. The number of hydrogen-bond acceptors (Lipinski definition) is 4. The number of nitrogens with zero attached hydrogens (tertiary/aromatic N) is 2. The number of furan rings is 1. The normalized spacial score (nSPS) is 25.4. The molecule has 0 amide bonds. The quantitative estimate of drug-likeness (QED) is 0.895. The van der Waals surface area contributed by atoms with Gasteiger partial charge in [0.15, 0.2) is 0 Å². The molecule has 1 aromatic rings. The maximum absolute atomic E-state index is 5.68. The molecule has 0 saturated carbocycles. The van der Waals surface area contributed by atoms with Crippen molar-refractivity contribution < 1.29 is 4.42 Å². The molecule has 2 aliphatic rings. The molecule has 1 N–H and O–H groups in total. The maximum atomic E-state index is 5.68. The zero-order valence-electron chi connectivity index (χ0n) is 11.9. The van der Waals surface area contributed by atoms with Gasteiger partial charge in [-0.25, -0.2) is 0 Å². The average molecular weight is 263 g/mol. The van der Waals surface area contributed by atoms with Gasteiger partial charge in [0.1, 0.15) is 5.76 Å². The van der Waals surface area contributed by atoms with E-state index in [2.05, 4.69) is 21.2 Å². The monoisotopic (exact) mass is 263 g/mol. The zero-order chi connectivity index (χ0) is 13.1. The average Bonchev–Trinajstić information content (AvgIpc) is 2.97. The van der Waals surface area contributed by atoms with Gasteiger partial charge in [-0.1, -0.05) is 0 Å². The lowest BCUT2D eigenvalue weighted by molar-refractivity contribution is 0.204. The zero-order valence-corrected chi connectivity index (χ0v) is 11.9. The summed E-state index contributed by atoms with van der Waals surface area (Å²) in [5.74, 6) is 1.14. The van der Waals surface area contributed by atoms with Crippen LogP contribution >= 0.6 is 0 Å². The van der Waals surface area contributed by atoms with Crippen LogP contribution < -0.4 is 5.32 Å². The lowest BCUT2D eigenvalue weighted by atomic mass is 10.2. The van der Waals surface area contributed by atoms with E-state index in [9.17, 15) is 0 Å². The highest BCUT2D eigenvalue weighted by molar-refractivity contribution is 5.16. The molecule has 106 valence electrons. The van der Waals surface area contributed by atoms with Gasteiger partial charge in [0.2, 0.25) is 0 Å². The molecule has 0 aromatic carbocycles. The Balaban J connectivity index is 1.63. The Morgan fingerprint density at radius 1 is 1.32 bits per heavy atom. The van der Waals surface area contributed by atoms with Crippen LogP contribution in [0.1, 0.15) is 30.6 Å². The molecule has 2 saturated heterocycles. The number of fused-ring (bicyclic) bond motifs is 1. The van der Waals surface area contributed by atoms with Crippen LogP contribution in [0.2, 0.25) is 0 Å². The van der Waals surface area contributed by atoms with E-state index in [1.807, 2.05) is 13.3 Å². The van der Waals surface area contributed by atoms with Crippen molar-refractivity contribution >= 4 is 0 Å². The van der Waals surface area contributed by atoms with Crippen LogP contribution in [0.15, 0.2) is 16.7 Å². The summed E-state index contributed by atoms with van der Waals surface area (Å²) in [6, 6.07) is 2.87. The fraction of sp³-hybridized carbons (Fsp3) is 0.733. The smallest absolute Gasteiger partial charge is 0.122 e. The van der Waals surface area contributed by atoms with Crippen molar-refractivity contribution in [3.05, 3.63) is 23.7 Å². The predicted molar refractivity (Wildman–Crippen MR) is 76.0 cm³/mol. The summed E-state index contributed by atoms with van der Waals surface area (Å²) in [5.41, 5.74) is 1.30. The molecule has 4 heteroatoms. The topological polar surface area (TPSA) is 31.7 Å². The molecule has 3 heterocycles. The van der Waals surface area contributed by atoms with Crippen LogP contribution in [0.3, 0.4) is 0 Å². The summed E-state index contributed by atoms with van der Waals surface area (Å²) in [5, 5.41) is 3.21. The molecule has 1 unspecified atom stereocenters. The van der Waals surface area contributed by atoms with Gasteiger partial charge in [0, 0.05) is 24.7 Å². The van der Waals surface area contributed by atoms with Crippen molar-refractivity contribution in [3.8, 4) is 0 Å². The Morgan fingerprint density at radius 3 is 3.11 bits per heavy atom. The Kier molecular flexibility index (Phi) is 4.21. The molecular formula is C15H25N3O. The molecule has 4 nitrogen and oxygen atoms in total. The van der Waals surface area contributed by atoms with Crippen LogP contribution in [-0.4, -0.2) is 49.1 Å². The number of hydrogen-bond donors (Lipinski definition) is 1. The van der Waals surface area contributed by atoms with Crippen LogP contribution in [0.4, 0.5) is 0 Å². The minimum atomic E-state index is 0.783. The first-order valence-electron chi connectivity index (χ1n) is 7.53. The third kappa shape index (κ3) is 3.02. The van der Waals surface area contributed by atoms with Crippen molar-refractivity contribution in [1.82, 2.24) is 15.1 Å². The fourth-order valence-corrected chi connectivity index (χ4v) is 3.48. The van der Waals surface area contributed by atoms with Crippen molar-refractivity contribution in [2.75, 3.05) is 33.2 Å². The molecule has 2 fully saturated rings. The van der Waals surface area contributed by atoms with Gasteiger partial charge in [0.25, 0.3) is 0 Å². The minimum absolute atomic E-state index is 0.783. The summed E-state index contributed by atoms with van der Waals surface area (Å²) >= 11 is 0. The maximum Gasteiger partial charge on any atom is 0.122 e. The van der Waals surface area contributed by atoms with Crippen molar-refractivity contribution in [2.45, 2.75) is 38.4 Å². The number of rotatable bonds is 4. The fourth-order valence-electron chi connectivity index (χ4n) is 3.48. The van der Waals surface area contributed by atoms with Crippen LogP contribution in [0, 0.1) is 0 Å². The van der Waals surface area contributed by atoms with Gasteiger partial charge in [-0.2, -0.15) is 0 Å². The van der Waals surface area contributed by atoms with Gasteiger partial charge < -0.3 is 9.73 Å². The van der Waals surface area contributed by atoms with E-state index in [1.165, 1.54) is 51.0 Å². The van der Waals surface area contributed by atoms with E-state index in [-0.39, 0.29) is 0 Å². The molecule has 3 rings (SSSR count). The lowest BCUT2D eigenvalue weighted by Crippen LogP contribution is -2.36. The van der Waals surface area contributed by atoms with Gasteiger partial charge in [-0.05, 0) is 52.0 Å². The first-order valence-corrected chi connectivity index (χ1v) is 7.53. The first-order chi connectivity index (χ1) is 9.36. The molecule has 1 atom stereocenters. The third-order valence-electron chi connectivity index (χ3n) is 4.46. The van der Waals surface area contributed by atoms with Gasteiger partial charge in [0.05, 0.1) is 12.8 Å². The molecule has 19 heavy (non-hydrogen) atoms. The second-order valence-electron chi connectivity index (χ2n) is 5.82. The molecule has 0 bridgehead atoms. The molecule has 1 aromatic heterocycles. The summed E-state index contributed by atoms with van der Waals surface area (Å²) in [7, 11) is 1.99. The van der Waals surface area contributed by atoms with E-state index >= 15 is 0 Å². The van der Waals surface area contributed by atoms with Crippen molar-refractivity contribution in [3.63, 3.8) is 0 Å². The molecule has 0 spiro atoms. The highest BCUT2D eigenvalue weighted by Gasteiger charge is 2.29. The van der Waals surface area contributed by atoms with Crippen molar-refractivity contribution in [2.24, 2.45) is 0 Å². The summed E-state index contributed by atoms with van der Waals surface area (Å²) in [6.45, 7) is 6.86. The van der Waals surface area contributed by atoms with E-state index in [4.69, 9.17) is 4.42 Å². The number of nitrogens with one attached hydrogen (secondary N) is 1. The van der Waals surface area contributed by atoms with E-state index in [0.29, 0.717) is 0 Å². The Morgan fingerprint density at radius 2 is 2.21 bits per heavy atom. The summed E-state index contributed by atoms with van der Waals surface area (Å²) < 4.78 is 5.68. The van der Waals surface area contributed by atoms with E-state index < -0.39 is 0 Å². The largest absolute Gasteiger partial charge is 0.468 e. The molecule has 2 aliphatic heterocycles. The van der Waals surface area contributed by atoms with Crippen molar-refractivity contribution in [1.29, 1.82) is 0 Å². The van der Waals surface area contributed by atoms with Gasteiger partial charge in [-0.15, -0.1) is 0 Å². The third-order valence-corrected chi connectivity index (χ3v) is 4.46. The molecule has 0 aliphatic carbocycles. The molecule has 0 radical (unpaired) electrons. The van der Waals surface area contributed by atoms with E-state index in [0.717, 1.165) is 24.9 Å². The Bertz CT molecular complexity index is 404. The van der Waals surface area contributed by atoms with E-state index in [1.54, 1.807) is 0 Å². The minimum Gasteiger partial charge on any atom is -0.468 e. The Hall–Kier alpha value is -0.840. The van der Waals surface area contributed by atoms with Gasteiger partial charge >= 0.3 is 0 Å². The van der Waals surface area contributed by atoms with Crippen LogP contribution in [-0.2, 0) is 13.1 Å². The second kappa shape index (κ2) is 6.07. The highest BCUT2D eigenvalue weighted by atomic mass is 16.3. The predicted octanol–water partition coefficient (Wildman–Crippen LogP) is 1.67. The Labute approximate surface area is 115 Å². The summed E-state index contributed by atoms with van der Waals surface area (Å²) in [4.78, 5) is 5.25. The lowest BCUT2D eigenvalue weighted by Gasteiger charge is -2.25. The first kappa shape index (κ1) is 13.2. The van der Waals surface area contributed by atoms with Crippen LogP contribution in [0.5, 0.6) is 0 Å². The molecular weight excluding hydrogens is 238 g/mol. The second-order valence-corrected chi connectivity index (χ2v) is 5.82. The highest BCUT2D eigenvalue weighted by Crippen LogP contribution is 2.23. The van der Waals surface area contributed by atoms with Gasteiger partial charge in [-0.3, -0.25) is 9.80 Å². The van der Waals surface area contributed by atoms with Crippen LogP contribution in [0.25, 0.3) is 0 Å². The SMILES string of the molecule is CNCc1ccoc1CN1CCCN2CCCC2C1.